The smallest absolute Gasteiger partial charge is 0.220 e. The van der Waals surface area contributed by atoms with E-state index in [-0.39, 0.29) is 5.91 Å². The van der Waals surface area contributed by atoms with Crippen LogP contribution in [0, 0.1) is 0 Å². The molecule has 0 bridgehead atoms. The minimum Gasteiger partial charge on any atom is -0.385 e. The van der Waals surface area contributed by atoms with Gasteiger partial charge < -0.3 is 15.4 Å². The highest BCUT2D eigenvalue weighted by atomic mass is 16.5. The highest BCUT2D eigenvalue weighted by Crippen LogP contribution is 2.18. The molecule has 0 saturated heterocycles. The van der Waals surface area contributed by atoms with Crippen molar-refractivity contribution < 1.29 is 9.53 Å². The van der Waals surface area contributed by atoms with Crippen molar-refractivity contribution in [2.45, 2.75) is 44.6 Å². The van der Waals surface area contributed by atoms with Crippen LogP contribution in [0.15, 0.2) is 0 Å². The number of hydrogen-bond acceptors (Lipinski definition) is 3. The van der Waals surface area contributed by atoms with Gasteiger partial charge in [-0.2, -0.15) is 0 Å². The van der Waals surface area contributed by atoms with Gasteiger partial charge >= 0.3 is 0 Å². The number of nitrogens with one attached hydrogen (secondary N) is 2. The van der Waals surface area contributed by atoms with Crippen molar-refractivity contribution in [1.82, 2.24) is 10.6 Å². The van der Waals surface area contributed by atoms with E-state index in [1.165, 1.54) is 12.8 Å². The summed E-state index contributed by atoms with van der Waals surface area (Å²) in [5, 5.41) is 6.32. The topological polar surface area (TPSA) is 50.4 Å². The highest BCUT2D eigenvalue weighted by Gasteiger charge is 2.22. The van der Waals surface area contributed by atoms with Gasteiger partial charge in [-0.15, -0.1) is 0 Å². The molecule has 0 aromatic carbocycles. The van der Waals surface area contributed by atoms with E-state index in [1.807, 2.05) is 0 Å². The molecule has 1 fully saturated rings. The van der Waals surface area contributed by atoms with Gasteiger partial charge in [0, 0.05) is 26.2 Å². The third kappa shape index (κ3) is 7.65. The summed E-state index contributed by atoms with van der Waals surface area (Å²) in [5.74, 6) is 0.212. The molecule has 0 radical (unpaired) electrons. The minimum atomic E-state index is 0.212. The van der Waals surface area contributed by atoms with E-state index >= 15 is 0 Å². The number of methoxy groups -OCH3 is 1. The largest absolute Gasteiger partial charge is 0.385 e. The van der Waals surface area contributed by atoms with E-state index in [1.54, 1.807) is 7.11 Å². The van der Waals surface area contributed by atoms with E-state index in [2.05, 4.69) is 10.6 Å². The van der Waals surface area contributed by atoms with Crippen LogP contribution in [0.25, 0.3) is 0 Å². The Bertz CT molecular complexity index is 193. The van der Waals surface area contributed by atoms with Crippen LogP contribution in [-0.4, -0.2) is 38.8 Å². The summed E-state index contributed by atoms with van der Waals surface area (Å²) in [6.07, 6.45) is 6.17. The molecule has 1 aliphatic carbocycles. The molecule has 1 aliphatic rings. The SMILES string of the molecule is COCCCCNCCCC(=O)NC1CC1. The molecule has 0 spiro atoms. The molecule has 0 aromatic heterocycles. The van der Waals surface area contributed by atoms with Gasteiger partial charge in [-0.05, 0) is 45.2 Å². The Kier molecular flexibility index (Phi) is 7.17. The molecule has 2 N–H and O–H groups in total. The fourth-order valence-corrected chi connectivity index (χ4v) is 1.52. The summed E-state index contributed by atoms with van der Waals surface area (Å²) in [7, 11) is 1.73. The van der Waals surface area contributed by atoms with Crippen LogP contribution in [0.4, 0.5) is 0 Å². The third-order valence-electron chi connectivity index (χ3n) is 2.65. The van der Waals surface area contributed by atoms with Crippen LogP contribution >= 0.6 is 0 Å². The predicted molar refractivity (Wildman–Crippen MR) is 64.4 cm³/mol. The lowest BCUT2D eigenvalue weighted by Gasteiger charge is -2.05. The number of amides is 1. The molecular weight excluding hydrogens is 204 g/mol. The Hall–Kier alpha value is -0.610. The van der Waals surface area contributed by atoms with Crippen LogP contribution in [0.1, 0.15) is 38.5 Å². The zero-order valence-corrected chi connectivity index (χ0v) is 10.3. The summed E-state index contributed by atoms with van der Waals surface area (Å²) < 4.78 is 4.96. The van der Waals surface area contributed by atoms with Crippen molar-refractivity contribution in [3.63, 3.8) is 0 Å². The van der Waals surface area contributed by atoms with Gasteiger partial charge in [0.2, 0.25) is 5.91 Å². The Morgan fingerprint density at radius 3 is 2.69 bits per heavy atom. The lowest BCUT2D eigenvalue weighted by Crippen LogP contribution is -2.26. The minimum absolute atomic E-state index is 0.212. The first-order valence-corrected chi connectivity index (χ1v) is 6.32. The number of carbonyl (C=O) groups is 1. The molecule has 0 unspecified atom stereocenters. The first-order valence-electron chi connectivity index (χ1n) is 6.32. The maximum Gasteiger partial charge on any atom is 0.220 e. The Morgan fingerprint density at radius 2 is 2.00 bits per heavy atom. The normalized spacial score (nSPS) is 15.1. The molecule has 1 saturated carbocycles. The summed E-state index contributed by atoms with van der Waals surface area (Å²) in [4.78, 5) is 11.3. The molecule has 1 rings (SSSR count). The second-order valence-electron chi connectivity index (χ2n) is 4.40. The Balaban J connectivity index is 1.75. The molecule has 4 nitrogen and oxygen atoms in total. The van der Waals surface area contributed by atoms with Crippen molar-refractivity contribution in [3.05, 3.63) is 0 Å². The Labute approximate surface area is 98.1 Å². The van der Waals surface area contributed by atoms with Crippen LogP contribution in [0.2, 0.25) is 0 Å². The lowest BCUT2D eigenvalue weighted by molar-refractivity contribution is -0.121. The zero-order valence-electron chi connectivity index (χ0n) is 10.3. The van der Waals surface area contributed by atoms with Gasteiger partial charge in [-0.1, -0.05) is 0 Å². The van der Waals surface area contributed by atoms with Crippen LogP contribution < -0.4 is 10.6 Å². The number of unbranched alkanes of at least 4 members (excludes halogenated alkanes) is 1. The van der Waals surface area contributed by atoms with E-state index in [9.17, 15) is 4.79 Å². The first-order chi connectivity index (χ1) is 7.83. The van der Waals surface area contributed by atoms with Gasteiger partial charge in [0.05, 0.1) is 0 Å². The van der Waals surface area contributed by atoms with Crippen LogP contribution in [0.3, 0.4) is 0 Å². The first kappa shape index (κ1) is 13.5. The molecule has 16 heavy (non-hydrogen) atoms. The monoisotopic (exact) mass is 228 g/mol. The van der Waals surface area contributed by atoms with Crippen molar-refractivity contribution in [3.8, 4) is 0 Å². The van der Waals surface area contributed by atoms with Crippen molar-refractivity contribution >= 4 is 5.91 Å². The van der Waals surface area contributed by atoms with Crippen LogP contribution in [0.5, 0.6) is 0 Å². The molecule has 1 amide bonds. The maximum atomic E-state index is 11.3. The molecule has 0 heterocycles. The fraction of sp³-hybridized carbons (Fsp3) is 0.917. The highest BCUT2D eigenvalue weighted by molar-refractivity contribution is 5.76. The van der Waals surface area contributed by atoms with Gasteiger partial charge in [-0.3, -0.25) is 4.79 Å². The van der Waals surface area contributed by atoms with Gasteiger partial charge in [0.25, 0.3) is 0 Å². The third-order valence-corrected chi connectivity index (χ3v) is 2.65. The molecule has 4 heteroatoms. The van der Waals surface area contributed by atoms with Gasteiger partial charge in [-0.25, -0.2) is 0 Å². The van der Waals surface area contributed by atoms with Gasteiger partial charge in [0.1, 0.15) is 0 Å². The molecule has 94 valence electrons. The molecular formula is C12H24N2O2. The number of hydrogen-bond donors (Lipinski definition) is 2. The molecule has 0 aliphatic heterocycles. The number of carbonyl (C=O) groups excluding carboxylic acids is 1. The standard InChI is InChI=1S/C12H24N2O2/c1-16-10-3-2-8-13-9-4-5-12(15)14-11-6-7-11/h11,13H,2-10H2,1H3,(H,14,15). The van der Waals surface area contributed by atoms with Crippen molar-refractivity contribution in [2.75, 3.05) is 26.8 Å². The van der Waals surface area contributed by atoms with E-state index in [0.29, 0.717) is 12.5 Å². The summed E-state index contributed by atoms with van der Waals surface area (Å²) in [6.45, 7) is 2.80. The van der Waals surface area contributed by atoms with E-state index in [4.69, 9.17) is 4.74 Å². The van der Waals surface area contributed by atoms with Crippen molar-refractivity contribution in [2.24, 2.45) is 0 Å². The summed E-state index contributed by atoms with van der Waals surface area (Å²) in [6, 6.07) is 0.495. The van der Waals surface area contributed by atoms with Gasteiger partial charge in [0.15, 0.2) is 0 Å². The van der Waals surface area contributed by atoms with E-state index < -0.39 is 0 Å². The fourth-order valence-electron chi connectivity index (χ4n) is 1.52. The van der Waals surface area contributed by atoms with Crippen LogP contribution in [-0.2, 0) is 9.53 Å². The second kappa shape index (κ2) is 8.53. The Morgan fingerprint density at radius 1 is 1.25 bits per heavy atom. The van der Waals surface area contributed by atoms with Crippen molar-refractivity contribution in [1.29, 1.82) is 0 Å². The zero-order chi connectivity index (χ0) is 11.6. The van der Waals surface area contributed by atoms with E-state index in [0.717, 1.165) is 39.0 Å². The lowest BCUT2D eigenvalue weighted by atomic mass is 10.2. The predicted octanol–water partition coefficient (Wildman–Crippen LogP) is 1.06. The summed E-state index contributed by atoms with van der Waals surface area (Å²) >= 11 is 0. The number of rotatable bonds is 10. The molecule has 0 aromatic rings. The second-order valence-corrected chi connectivity index (χ2v) is 4.40. The molecule has 0 atom stereocenters. The average Bonchev–Trinajstić information content (AvgIpc) is 3.06. The summed E-state index contributed by atoms with van der Waals surface area (Å²) in [5.41, 5.74) is 0. The quantitative estimate of drug-likeness (QED) is 0.550. The number of ether oxygens (including phenoxy) is 1. The maximum absolute atomic E-state index is 11.3. The average molecular weight is 228 g/mol.